The minimum atomic E-state index is -2.96. The second-order valence-corrected chi connectivity index (χ2v) is 9.81. The highest BCUT2D eigenvalue weighted by Crippen LogP contribution is 2.29. The van der Waals surface area contributed by atoms with Crippen molar-refractivity contribution in [2.45, 2.75) is 33.0 Å². The van der Waals surface area contributed by atoms with Gasteiger partial charge in [-0.2, -0.15) is 8.78 Å². The number of aliphatic hydroxyl groups is 1. The lowest BCUT2D eigenvalue weighted by atomic mass is 10.0. The van der Waals surface area contributed by atoms with Crippen molar-refractivity contribution in [2.24, 2.45) is 7.05 Å². The molecule has 1 aliphatic rings. The van der Waals surface area contributed by atoms with Crippen LogP contribution >= 0.6 is 0 Å². The van der Waals surface area contributed by atoms with Gasteiger partial charge in [-0.1, -0.05) is 24.3 Å². The third kappa shape index (κ3) is 5.14. The molecule has 0 saturated carbocycles. The Kier molecular flexibility index (Phi) is 7.53. The molecular weight excluding hydrogens is 522 g/mol. The molecular formula is C28H30F2N6O4. The normalized spacial score (nSPS) is 15.7. The zero-order chi connectivity index (χ0) is 28.6. The number of ether oxygens (including phenoxy) is 1. The van der Waals surface area contributed by atoms with Crippen molar-refractivity contribution in [1.29, 1.82) is 0 Å². The number of carbonyl (C=O) groups is 1. The number of aryl methyl sites for hydroxylation is 1. The fourth-order valence-corrected chi connectivity index (χ4v) is 5.19. The van der Waals surface area contributed by atoms with Crippen molar-refractivity contribution in [2.75, 3.05) is 31.1 Å². The summed E-state index contributed by atoms with van der Waals surface area (Å²) in [6.45, 7) is 2.04. The number of hydrogen-bond acceptors (Lipinski definition) is 7. The van der Waals surface area contributed by atoms with Crippen molar-refractivity contribution < 1.29 is 23.4 Å². The van der Waals surface area contributed by atoms with Crippen LogP contribution < -0.4 is 15.2 Å². The van der Waals surface area contributed by atoms with E-state index >= 15 is 0 Å². The van der Waals surface area contributed by atoms with Gasteiger partial charge in [-0.25, -0.2) is 9.97 Å². The molecule has 210 valence electrons. The summed E-state index contributed by atoms with van der Waals surface area (Å²) in [6.07, 6.45) is 1.74. The molecule has 0 spiro atoms. The molecule has 1 saturated heterocycles. The molecule has 1 atom stereocenters. The predicted molar refractivity (Wildman–Crippen MR) is 146 cm³/mol. The average Bonchev–Trinajstić information content (AvgIpc) is 3.17. The molecule has 3 heterocycles. The number of para-hydroxylation sites is 1. The monoisotopic (exact) mass is 552 g/mol. The quantitative estimate of drug-likeness (QED) is 0.376. The number of hydrogen-bond donors (Lipinski definition) is 1. The molecule has 0 bridgehead atoms. The number of benzene rings is 2. The van der Waals surface area contributed by atoms with Gasteiger partial charge in [0.15, 0.2) is 0 Å². The van der Waals surface area contributed by atoms with Crippen molar-refractivity contribution >= 4 is 22.8 Å². The zero-order valence-corrected chi connectivity index (χ0v) is 22.4. The summed E-state index contributed by atoms with van der Waals surface area (Å²) in [5.74, 6) is 0.315. The topological polar surface area (TPSA) is 106 Å². The van der Waals surface area contributed by atoms with Crippen LogP contribution in [0.5, 0.6) is 5.75 Å². The first-order chi connectivity index (χ1) is 19.2. The molecule has 10 nitrogen and oxygen atoms in total. The lowest BCUT2D eigenvalue weighted by Crippen LogP contribution is -2.54. The molecule has 1 N–H and O–H groups in total. The highest BCUT2D eigenvalue weighted by Gasteiger charge is 2.28. The van der Waals surface area contributed by atoms with Crippen LogP contribution in [-0.4, -0.2) is 74.1 Å². The second-order valence-electron chi connectivity index (χ2n) is 9.81. The number of rotatable bonds is 7. The van der Waals surface area contributed by atoms with Gasteiger partial charge in [0.2, 0.25) is 11.9 Å². The summed E-state index contributed by atoms with van der Waals surface area (Å²) < 4.78 is 33.8. The van der Waals surface area contributed by atoms with E-state index in [2.05, 4.69) is 4.98 Å². The number of carbonyl (C=O) groups excluding carboxylic acids is 1. The molecule has 0 radical (unpaired) electrons. The second kappa shape index (κ2) is 11.0. The zero-order valence-electron chi connectivity index (χ0n) is 22.4. The van der Waals surface area contributed by atoms with E-state index in [9.17, 15) is 18.4 Å². The van der Waals surface area contributed by atoms with E-state index in [0.717, 1.165) is 16.8 Å². The molecule has 2 aromatic heterocycles. The summed E-state index contributed by atoms with van der Waals surface area (Å²) >= 11 is 0. The number of alkyl halides is 2. The first kappa shape index (κ1) is 27.3. The van der Waals surface area contributed by atoms with Crippen molar-refractivity contribution in [3.63, 3.8) is 0 Å². The highest BCUT2D eigenvalue weighted by molar-refractivity contribution is 5.85. The van der Waals surface area contributed by atoms with Crippen molar-refractivity contribution in [1.82, 2.24) is 24.2 Å². The Morgan fingerprint density at radius 1 is 1.20 bits per heavy atom. The molecule has 40 heavy (non-hydrogen) atoms. The first-order valence-electron chi connectivity index (χ1n) is 12.9. The van der Waals surface area contributed by atoms with Gasteiger partial charge in [0, 0.05) is 50.0 Å². The van der Waals surface area contributed by atoms with Gasteiger partial charge in [-0.3, -0.25) is 19.0 Å². The standard InChI is InChI=1S/C28H30F2N6O4/c1-17-14-34(25(38)16-37)10-11-35(17)28-31-13-22(18(2)32-28)19-8-9-21-23(12-19)36(33(3)26(21)39)15-20-6-4-5-7-24(20)40-27(29)30/h4-9,12-13,17,27,37H,10-11,14-16H2,1-3H3. The lowest BCUT2D eigenvalue weighted by Gasteiger charge is -2.39. The maximum atomic E-state index is 13.0. The van der Waals surface area contributed by atoms with E-state index in [1.165, 1.54) is 10.7 Å². The molecule has 2 aromatic carbocycles. The minimum absolute atomic E-state index is 0.0264. The first-order valence-corrected chi connectivity index (χ1v) is 12.9. The van der Waals surface area contributed by atoms with Crippen LogP contribution in [0.2, 0.25) is 0 Å². The van der Waals surface area contributed by atoms with E-state index < -0.39 is 13.2 Å². The highest BCUT2D eigenvalue weighted by atomic mass is 19.3. The molecule has 1 unspecified atom stereocenters. The van der Waals surface area contributed by atoms with Gasteiger partial charge in [0.05, 0.1) is 23.1 Å². The van der Waals surface area contributed by atoms with E-state index in [0.29, 0.717) is 42.0 Å². The number of nitrogens with zero attached hydrogens (tertiary/aromatic N) is 6. The molecule has 1 fully saturated rings. The van der Waals surface area contributed by atoms with E-state index in [-0.39, 0.29) is 29.8 Å². The smallest absolute Gasteiger partial charge is 0.387 e. The third-order valence-electron chi connectivity index (χ3n) is 7.32. The van der Waals surface area contributed by atoms with Crippen LogP contribution in [-0.2, 0) is 18.4 Å². The van der Waals surface area contributed by atoms with Gasteiger partial charge >= 0.3 is 6.61 Å². The summed E-state index contributed by atoms with van der Waals surface area (Å²) in [5, 5.41) is 9.66. The summed E-state index contributed by atoms with van der Waals surface area (Å²) in [5.41, 5.74) is 3.28. The molecule has 0 aliphatic carbocycles. The van der Waals surface area contributed by atoms with Crippen LogP contribution in [0.25, 0.3) is 22.0 Å². The van der Waals surface area contributed by atoms with Crippen LogP contribution in [0.1, 0.15) is 18.2 Å². The number of aromatic nitrogens is 4. The number of halogens is 2. The molecule has 12 heteroatoms. The molecule has 4 aromatic rings. The predicted octanol–water partition coefficient (Wildman–Crippen LogP) is 2.78. The van der Waals surface area contributed by atoms with Gasteiger partial charge in [-0.05, 0) is 37.6 Å². The molecule has 1 amide bonds. The number of amides is 1. The Morgan fingerprint density at radius 2 is 1.98 bits per heavy atom. The Morgan fingerprint density at radius 3 is 2.67 bits per heavy atom. The maximum Gasteiger partial charge on any atom is 0.387 e. The Labute approximate surface area is 229 Å². The molecule has 1 aliphatic heterocycles. The number of anilines is 1. The van der Waals surface area contributed by atoms with Crippen LogP contribution in [0.15, 0.2) is 53.5 Å². The Hall–Kier alpha value is -4.32. The largest absolute Gasteiger partial charge is 0.434 e. The summed E-state index contributed by atoms with van der Waals surface area (Å²) in [4.78, 5) is 37.9. The number of piperazine rings is 1. The lowest BCUT2D eigenvalue weighted by molar-refractivity contribution is -0.134. The fraction of sp³-hybridized carbons (Fsp3) is 0.357. The Bertz CT molecular complexity index is 1620. The van der Waals surface area contributed by atoms with Gasteiger partial charge in [-0.15, -0.1) is 0 Å². The van der Waals surface area contributed by atoms with Gasteiger partial charge < -0.3 is 19.6 Å². The van der Waals surface area contributed by atoms with Crippen molar-refractivity contribution in [3.05, 3.63) is 70.3 Å². The summed E-state index contributed by atoms with van der Waals surface area (Å²) in [6, 6.07) is 12.0. The molecule has 5 rings (SSSR count). The van der Waals surface area contributed by atoms with E-state index in [1.54, 1.807) is 47.1 Å². The minimum Gasteiger partial charge on any atom is -0.434 e. The third-order valence-corrected chi connectivity index (χ3v) is 7.32. The van der Waals surface area contributed by atoms with E-state index in [1.807, 2.05) is 30.9 Å². The fourth-order valence-electron chi connectivity index (χ4n) is 5.19. The van der Waals surface area contributed by atoms with Gasteiger partial charge in [0.1, 0.15) is 12.4 Å². The number of fused-ring (bicyclic) bond motifs is 1. The van der Waals surface area contributed by atoms with Crippen LogP contribution in [0, 0.1) is 6.92 Å². The maximum absolute atomic E-state index is 13.0. The van der Waals surface area contributed by atoms with Gasteiger partial charge in [0.25, 0.3) is 5.56 Å². The Balaban J connectivity index is 1.46. The van der Waals surface area contributed by atoms with Crippen LogP contribution in [0.4, 0.5) is 14.7 Å². The number of aliphatic hydroxyl groups excluding tert-OH is 1. The summed E-state index contributed by atoms with van der Waals surface area (Å²) in [7, 11) is 1.64. The van der Waals surface area contributed by atoms with Crippen LogP contribution in [0.3, 0.4) is 0 Å². The average molecular weight is 553 g/mol. The SMILES string of the molecule is Cc1nc(N2CCN(C(=O)CO)CC2C)ncc1-c1ccc2c(=O)n(C)n(Cc3ccccc3OC(F)F)c2c1. The van der Waals surface area contributed by atoms with Crippen molar-refractivity contribution in [3.8, 4) is 16.9 Å². The van der Waals surface area contributed by atoms with E-state index in [4.69, 9.17) is 14.8 Å².